The highest BCUT2D eigenvalue weighted by atomic mass is 32.2. The first-order valence-corrected chi connectivity index (χ1v) is 9.75. The maximum atomic E-state index is 11.6. The van der Waals surface area contributed by atoms with Crippen LogP contribution in [0.5, 0.6) is 0 Å². The normalized spacial score (nSPS) is 13.6. The molecule has 146 valence electrons. The number of ether oxygens (including phenoxy) is 1. The smallest absolute Gasteiger partial charge is 0.407 e. The monoisotopic (exact) mass is 394 g/mol. The van der Waals surface area contributed by atoms with Gasteiger partial charge in [0.25, 0.3) is 0 Å². The SMILES string of the molecule is NS(=O)(=O)c1cccc(C(O)C(O)CCNC(=O)OCc2ccccc2)c1. The van der Waals surface area contributed by atoms with Gasteiger partial charge in [0.05, 0.1) is 11.0 Å². The van der Waals surface area contributed by atoms with E-state index in [-0.39, 0.29) is 30.0 Å². The topological polar surface area (TPSA) is 139 Å². The van der Waals surface area contributed by atoms with Crippen LogP contribution in [0.3, 0.4) is 0 Å². The average molecular weight is 394 g/mol. The molecule has 1 amide bonds. The predicted octanol–water partition coefficient (Wildman–Crippen LogP) is 1.04. The van der Waals surface area contributed by atoms with Gasteiger partial charge in [0.15, 0.2) is 0 Å². The van der Waals surface area contributed by atoms with Crippen molar-refractivity contribution in [1.82, 2.24) is 5.32 Å². The minimum absolute atomic E-state index is 0.0429. The van der Waals surface area contributed by atoms with Gasteiger partial charge >= 0.3 is 6.09 Å². The number of nitrogens with two attached hydrogens (primary N) is 1. The van der Waals surface area contributed by atoms with E-state index in [0.29, 0.717) is 0 Å². The number of hydrogen-bond acceptors (Lipinski definition) is 6. The Balaban J connectivity index is 1.79. The highest BCUT2D eigenvalue weighted by Crippen LogP contribution is 2.21. The van der Waals surface area contributed by atoms with Crippen molar-refractivity contribution in [2.24, 2.45) is 5.14 Å². The summed E-state index contributed by atoms with van der Waals surface area (Å²) in [6.45, 7) is 0.193. The van der Waals surface area contributed by atoms with E-state index in [4.69, 9.17) is 9.88 Å². The zero-order valence-corrected chi connectivity index (χ0v) is 15.3. The van der Waals surface area contributed by atoms with E-state index < -0.39 is 28.3 Å². The third-order valence-corrected chi connectivity index (χ3v) is 4.73. The fraction of sp³-hybridized carbons (Fsp3) is 0.278. The minimum atomic E-state index is -3.91. The molecule has 0 saturated carbocycles. The van der Waals surface area contributed by atoms with Crippen molar-refractivity contribution < 1.29 is 28.2 Å². The Kier molecular flexibility index (Phi) is 7.31. The molecule has 0 fully saturated rings. The molecule has 2 atom stereocenters. The van der Waals surface area contributed by atoms with Crippen molar-refractivity contribution in [3.8, 4) is 0 Å². The van der Waals surface area contributed by atoms with Crippen LogP contribution in [0.2, 0.25) is 0 Å². The summed E-state index contributed by atoms with van der Waals surface area (Å²) < 4.78 is 27.8. The van der Waals surface area contributed by atoms with Gasteiger partial charge < -0.3 is 20.3 Å². The highest BCUT2D eigenvalue weighted by molar-refractivity contribution is 7.89. The molecule has 0 radical (unpaired) electrons. The second-order valence-corrected chi connectivity index (χ2v) is 7.47. The maximum absolute atomic E-state index is 11.6. The molecule has 27 heavy (non-hydrogen) atoms. The second-order valence-electron chi connectivity index (χ2n) is 5.91. The van der Waals surface area contributed by atoms with Crippen molar-refractivity contribution in [3.05, 3.63) is 65.7 Å². The highest BCUT2D eigenvalue weighted by Gasteiger charge is 2.20. The molecule has 8 nitrogen and oxygen atoms in total. The van der Waals surface area contributed by atoms with Gasteiger partial charge in [0, 0.05) is 6.54 Å². The number of primary sulfonamides is 1. The van der Waals surface area contributed by atoms with Gasteiger partial charge in [-0.25, -0.2) is 18.4 Å². The summed E-state index contributed by atoms with van der Waals surface area (Å²) in [4.78, 5) is 11.5. The van der Waals surface area contributed by atoms with Crippen molar-refractivity contribution in [3.63, 3.8) is 0 Å². The third kappa shape index (κ3) is 6.65. The molecule has 2 rings (SSSR count). The maximum Gasteiger partial charge on any atom is 0.407 e. The lowest BCUT2D eigenvalue weighted by Crippen LogP contribution is -2.29. The van der Waals surface area contributed by atoms with Crippen molar-refractivity contribution >= 4 is 16.1 Å². The lowest BCUT2D eigenvalue weighted by Gasteiger charge is -2.18. The van der Waals surface area contributed by atoms with Gasteiger partial charge in [0.2, 0.25) is 10.0 Å². The molecule has 0 aliphatic rings. The fourth-order valence-corrected chi connectivity index (χ4v) is 2.92. The first-order chi connectivity index (χ1) is 12.8. The number of rotatable bonds is 8. The molecule has 0 spiro atoms. The molecule has 5 N–H and O–H groups in total. The van der Waals surface area contributed by atoms with E-state index in [1.165, 1.54) is 24.3 Å². The largest absolute Gasteiger partial charge is 0.445 e. The second kappa shape index (κ2) is 9.47. The quantitative estimate of drug-likeness (QED) is 0.528. The van der Waals surface area contributed by atoms with Crippen LogP contribution in [0.25, 0.3) is 0 Å². The average Bonchev–Trinajstić information content (AvgIpc) is 2.66. The summed E-state index contributed by atoms with van der Waals surface area (Å²) in [6, 6.07) is 14.6. The Labute approximate surface area is 157 Å². The van der Waals surface area contributed by atoms with Gasteiger partial charge in [-0.2, -0.15) is 0 Å². The standard InChI is InChI=1S/C18H22N2O6S/c19-27(24,25)15-8-4-7-14(11-15)17(22)16(21)9-10-20-18(23)26-12-13-5-2-1-3-6-13/h1-8,11,16-17,21-22H,9-10,12H2,(H,20,23)(H2,19,24,25). The number of aliphatic hydroxyl groups excluding tert-OH is 2. The Bertz CT molecular complexity index is 857. The van der Waals surface area contributed by atoms with Crippen LogP contribution in [-0.2, 0) is 21.4 Å². The zero-order chi connectivity index (χ0) is 19.9. The van der Waals surface area contributed by atoms with E-state index in [2.05, 4.69) is 5.32 Å². The van der Waals surface area contributed by atoms with Crippen molar-refractivity contribution in [2.75, 3.05) is 6.54 Å². The molecule has 0 aromatic heterocycles. The molecule has 2 unspecified atom stereocenters. The van der Waals surface area contributed by atoms with Gasteiger partial charge in [-0.3, -0.25) is 0 Å². The molecule has 9 heteroatoms. The molecule has 0 saturated heterocycles. The molecule has 0 aliphatic heterocycles. The van der Waals surface area contributed by atoms with Crippen LogP contribution in [0.1, 0.15) is 23.7 Å². The van der Waals surface area contributed by atoms with Crippen LogP contribution in [-0.4, -0.2) is 37.4 Å². The number of hydrogen-bond donors (Lipinski definition) is 4. The molecular formula is C18H22N2O6S. The van der Waals surface area contributed by atoms with Crippen LogP contribution >= 0.6 is 0 Å². The summed E-state index contributed by atoms with van der Waals surface area (Å²) in [5, 5.41) is 27.8. The molecule has 0 aliphatic carbocycles. The number of aliphatic hydroxyl groups is 2. The summed E-state index contributed by atoms with van der Waals surface area (Å²) >= 11 is 0. The fourth-order valence-electron chi connectivity index (χ4n) is 2.35. The number of sulfonamides is 1. The Hall–Kier alpha value is -2.46. The van der Waals surface area contributed by atoms with Gasteiger partial charge in [0.1, 0.15) is 12.7 Å². The zero-order valence-electron chi connectivity index (χ0n) is 14.5. The summed E-state index contributed by atoms with van der Waals surface area (Å²) in [7, 11) is -3.91. The Morgan fingerprint density at radius 2 is 1.81 bits per heavy atom. The first-order valence-electron chi connectivity index (χ1n) is 8.21. The lowest BCUT2D eigenvalue weighted by molar-refractivity contribution is 0.0135. The van der Waals surface area contributed by atoms with E-state index in [1.54, 1.807) is 0 Å². The van der Waals surface area contributed by atoms with Gasteiger partial charge in [-0.15, -0.1) is 0 Å². The minimum Gasteiger partial charge on any atom is -0.445 e. The molecular weight excluding hydrogens is 372 g/mol. The lowest BCUT2D eigenvalue weighted by atomic mass is 10.0. The van der Waals surface area contributed by atoms with E-state index in [0.717, 1.165) is 5.56 Å². The number of carbonyl (C=O) groups excluding carboxylic acids is 1. The summed E-state index contributed by atoms with van der Waals surface area (Å²) in [5.41, 5.74) is 1.05. The Morgan fingerprint density at radius 1 is 1.11 bits per heavy atom. The van der Waals surface area contributed by atoms with Crippen molar-refractivity contribution in [1.29, 1.82) is 0 Å². The van der Waals surface area contributed by atoms with Crippen LogP contribution < -0.4 is 10.5 Å². The molecule has 2 aromatic carbocycles. The van der Waals surface area contributed by atoms with E-state index in [9.17, 15) is 23.4 Å². The summed E-state index contributed by atoms with van der Waals surface area (Å²) in [5.74, 6) is 0. The number of nitrogens with one attached hydrogen (secondary N) is 1. The summed E-state index contributed by atoms with van der Waals surface area (Å²) in [6.07, 6.45) is -3.14. The molecule has 2 aromatic rings. The Morgan fingerprint density at radius 3 is 2.48 bits per heavy atom. The number of alkyl carbamates (subject to hydrolysis) is 1. The first kappa shape index (κ1) is 20.8. The van der Waals surface area contributed by atoms with Gasteiger partial charge in [-0.1, -0.05) is 42.5 Å². The molecule has 0 heterocycles. The third-order valence-electron chi connectivity index (χ3n) is 3.81. The van der Waals surface area contributed by atoms with Crippen LogP contribution in [0, 0.1) is 0 Å². The molecule has 0 bridgehead atoms. The number of amides is 1. The van der Waals surface area contributed by atoms with Crippen LogP contribution in [0.4, 0.5) is 4.79 Å². The van der Waals surface area contributed by atoms with Crippen molar-refractivity contribution in [2.45, 2.75) is 30.1 Å². The van der Waals surface area contributed by atoms with Crippen LogP contribution in [0.15, 0.2) is 59.5 Å². The van der Waals surface area contributed by atoms with E-state index >= 15 is 0 Å². The predicted molar refractivity (Wildman–Crippen MR) is 98.0 cm³/mol. The van der Waals surface area contributed by atoms with E-state index in [1.807, 2.05) is 30.3 Å². The number of carbonyl (C=O) groups is 1. The van der Waals surface area contributed by atoms with Gasteiger partial charge in [-0.05, 0) is 29.7 Å². The number of benzene rings is 2.